The predicted octanol–water partition coefficient (Wildman–Crippen LogP) is 2.57. The summed E-state index contributed by atoms with van der Waals surface area (Å²) in [6, 6.07) is 15.7. The van der Waals surface area contributed by atoms with E-state index in [1.54, 1.807) is 23.5 Å². The molecule has 0 aromatic heterocycles. The van der Waals surface area contributed by atoms with Crippen molar-refractivity contribution in [2.75, 3.05) is 13.6 Å². The van der Waals surface area contributed by atoms with E-state index < -0.39 is 10.0 Å². The first-order chi connectivity index (χ1) is 11.5. The molecule has 1 aliphatic heterocycles. The monoisotopic (exact) mass is 344 g/mol. The minimum atomic E-state index is -3.58. The van der Waals surface area contributed by atoms with Crippen LogP contribution in [0.5, 0.6) is 0 Å². The Labute approximate surface area is 142 Å². The molecule has 2 aromatic carbocycles. The van der Waals surface area contributed by atoms with Gasteiger partial charge < -0.3 is 5.32 Å². The summed E-state index contributed by atoms with van der Waals surface area (Å²) in [6.07, 6.45) is 1.66. The Hall–Kier alpha value is -2.18. The molecule has 1 atom stereocenters. The van der Waals surface area contributed by atoms with Gasteiger partial charge in [0.15, 0.2) is 0 Å². The number of nitrogens with zero attached hydrogens (tertiary/aromatic N) is 1. The molecule has 0 radical (unpaired) electrons. The van der Waals surface area contributed by atoms with Gasteiger partial charge in [-0.3, -0.25) is 4.79 Å². The van der Waals surface area contributed by atoms with Gasteiger partial charge in [0.1, 0.15) is 0 Å². The third kappa shape index (κ3) is 3.07. The highest BCUT2D eigenvalue weighted by molar-refractivity contribution is 7.89. The van der Waals surface area contributed by atoms with Gasteiger partial charge in [-0.1, -0.05) is 30.3 Å². The average Bonchev–Trinajstić information content (AvgIpc) is 3.12. The molecule has 3 rings (SSSR count). The third-order valence-electron chi connectivity index (χ3n) is 4.34. The van der Waals surface area contributed by atoms with Crippen molar-refractivity contribution in [1.82, 2.24) is 9.62 Å². The third-order valence-corrected chi connectivity index (χ3v) is 6.26. The molecule has 0 aliphatic carbocycles. The van der Waals surface area contributed by atoms with Gasteiger partial charge in [-0.15, -0.1) is 0 Å². The molecule has 6 heteroatoms. The Balaban J connectivity index is 1.91. The number of benzene rings is 2. The van der Waals surface area contributed by atoms with Crippen LogP contribution in [0, 0.1) is 0 Å². The first-order valence-corrected chi connectivity index (χ1v) is 9.37. The summed E-state index contributed by atoms with van der Waals surface area (Å²) < 4.78 is 27.6. The number of sulfonamides is 1. The summed E-state index contributed by atoms with van der Waals surface area (Å²) in [5, 5.41) is 2.52. The Morgan fingerprint density at radius 2 is 1.75 bits per heavy atom. The topological polar surface area (TPSA) is 66.5 Å². The first kappa shape index (κ1) is 16.7. The molecular weight excluding hydrogens is 324 g/mol. The molecule has 0 saturated carbocycles. The lowest BCUT2D eigenvalue weighted by molar-refractivity contribution is 0.0963. The molecule has 5 nitrogen and oxygen atoms in total. The van der Waals surface area contributed by atoms with E-state index >= 15 is 0 Å². The second-order valence-electron chi connectivity index (χ2n) is 5.79. The standard InChI is InChI=1S/C18H20N2O3S/c1-19-18(21)15-9-11-16(12-10-15)24(22,23)20-13-5-8-17(20)14-6-3-2-4-7-14/h2-4,6-7,9-12,17H,5,8,13H2,1H3,(H,19,21)/t17-/m0/s1. The number of carbonyl (C=O) groups excluding carboxylic acids is 1. The quantitative estimate of drug-likeness (QED) is 0.927. The van der Waals surface area contributed by atoms with Crippen molar-refractivity contribution in [3.63, 3.8) is 0 Å². The molecular formula is C18H20N2O3S. The summed E-state index contributed by atoms with van der Waals surface area (Å²) in [5.41, 5.74) is 1.46. The highest BCUT2D eigenvalue weighted by Crippen LogP contribution is 2.36. The van der Waals surface area contributed by atoms with E-state index in [1.807, 2.05) is 30.3 Å². The highest BCUT2D eigenvalue weighted by Gasteiger charge is 2.36. The van der Waals surface area contributed by atoms with Gasteiger partial charge in [0.2, 0.25) is 10.0 Å². The fourth-order valence-electron chi connectivity index (χ4n) is 3.09. The second kappa shape index (κ2) is 6.75. The van der Waals surface area contributed by atoms with Crippen molar-refractivity contribution < 1.29 is 13.2 Å². The van der Waals surface area contributed by atoms with Crippen LogP contribution < -0.4 is 5.32 Å². The summed E-state index contributed by atoms with van der Waals surface area (Å²) in [6.45, 7) is 0.513. The summed E-state index contributed by atoms with van der Waals surface area (Å²) >= 11 is 0. The molecule has 1 saturated heterocycles. The number of hydrogen-bond donors (Lipinski definition) is 1. The molecule has 1 amide bonds. The Morgan fingerprint density at radius 3 is 2.38 bits per heavy atom. The summed E-state index contributed by atoms with van der Waals surface area (Å²) in [7, 11) is -2.04. The Bertz CT molecular complexity index is 817. The molecule has 2 aromatic rings. The van der Waals surface area contributed by atoms with Crippen molar-refractivity contribution in [1.29, 1.82) is 0 Å². The van der Waals surface area contributed by atoms with Crippen LogP contribution in [0.2, 0.25) is 0 Å². The van der Waals surface area contributed by atoms with E-state index in [9.17, 15) is 13.2 Å². The molecule has 126 valence electrons. The Kier molecular flexibility index (Phi) is 4.69. The fraction of sp³-hybridized carbons (Fsp3) is 0.278. The van der Waals surface area contributed by atoms with Crippen LogP contribution in [0.4, 0.5) is 0 Å². The maximum absolute atomic E-state index is 13.0. The second-order valence-corrected chi connectivity index (χ2v) is 7.68. The lowest BCUT2D eigenvalue weighted by atomic mass is 10.1. The number of rotatable bonds is 4. The van der Waals surface area contributed by atoms with Crippen molar-refractivity contribution in [2.45, 2.75) is 23.8 Å². The minimum absolute atomic E-state index is 0.130. The Morgan fingerprint density at radius 1 is 1.08 bits per heavy atom. The van der Waals surface area contributed by atoms with Crippen molar-refractivity contribution in [3.05, 3.63) is 65.7 Å². The molecule has 1 heterocycles. The van der Waals surface area contributed by atoms with E-state index in [-0.39, 0.29) is 16.8 Å². The van der Waals surface area contributed by atoms with E-state index in [0.717, 1.165) is 18.4 Å². The smallest absolute Gasteiger partial charge is 0.251 e. The average molecular weight is 344 g/mol. The van der Waals surface area contributed by atoms with Crippen LogP contribution in [0.3, 0.4) is 0 Å². The molecule has 0 spiro atoms. The molecule has 1 aliphatic rings. The number of nitrogens with one attached hydrogen (secondary N) is 1. The zero-order valence-corrected chi connectivity index (χ0v) is 14.3. The maximum atomic E-state index is 13.0. The summed E-state index contributed by atoms with van der Waals surface area (Å²) in [5.74, 6) is -0.234. The maximum Gasteiger partial charge on any atom is 0.251 e. The molecule has 1 fully saturated rings. The molecule has 0 unspecified atom stereocenters. The lowest BCUT2D eigenvalue weighted by Gasteiger charge is -2.24. The first-order valence-electron chi connectivity index (χ1n) is 7.93. The van der Waals surface area contributed by atoms with E-state index in [2.05, 4.69) is 5.32 Å². The van der Waals surface area contributed by atoms with Gasteiger partial charge in [0, 0.05) is 19.2 Å². The zero-order chi connectivity index (χ0) is 17.2. The van der Waals surface area contributed by atoms with E-state index in [1.165, 1.54) is 12.1 Å². The van der Waals surface area contributed by atoms with Crippen LogP contribution in [0.25, 0.3) is 0 Å². The van der Waals surface area contributed by atoms with Crippen LogP contribution in [0.1, 0.15) is 34.8 Å². The molecule has 0 bridgehead atoms. The minimum Gasteiger partial charge on any atom is -0.355 e. The normalized spacial score (nSPS) is 18.5. The number of amides is 1. The largest absolute Gasteiger partial charge is 0.355 e. The van der Waals surface area contributed by atoms with Gasteiger partial charge >= 0.3 is 0 Å². The van der Waals surface area contributed by atoms with E-state index in [0.29, 0.717) is 12.1 Å². The van der Waals surface area contributed by atoms with Crippen LogP contribution in [0.15, 0.2) is 59.5 Å². The van der Waals surface area contributed by atoms with Crippen molar-refractivity contribution in [2.24, 2.45) is 0 Å². The lowest BCUT2D eigenvalue weighted by Crippen LogP contribution is -2.30. The van der Waals surface area contributed by atoms with Crippen molar-refractivity contribution >= 4 is 15.9 Å². The fourth-order valence-corrected chi connectivity index (χ4v) is 4.78. The van der Waals surface area contributed by atoms with Crippen LogP contribution >= 0.6 is 0 Å². The van der Waals surface area contributed by atoms with Gasteiger partial charge in [-0.05, 0) is 42.7 Å². The van der Waals surface area contributed by atoms with E-state index in [4.69, 9.17) is 0 Å². The van der Waals surface area contributed by atoms with Gasteiger partial charge in [0.05, 0.1) is 10.9 Å². The van der Waals surface area contributed by atoms with Gasteiger partial charge in [-0.2, -0.15) is 4.31 Å². The van der Waals surface area contributed by atoms with Gasteiger partial charge in [0.25, 0.3) is 5.91 Å². The number of carbonyl (C=O) groups is 1. The van der Waals surface area contributed by atoms with Gasteiger partial charge in [-0.25, -0.2) is 8.42 Å². The van der Waals surface area contributed by atoms with Crippen LogP contribution in [-0.2, 0) is 10.0 Å². The summed E-state index contributed by atoms with van der Waals surface area (Å²) in [4.78, 5) is 11.8. The predicted molar refractivity (Wildman–Crippen MR) is 92.1 cm³/mol. The molecule has 1 N–H and O–H groups in total. The zero-order valence-electron chi connectivity index (χ0n) is 13.5. The van der Waals surface area contributed by atoms with Crippen molar-refractivity contribution in [3.8, 4) is 0 Å². The SMILES string of the molecule is CNC(=O)c1ccc(S(=O)(=O)N2CCC[C@H]2c2ccccc2)cc1. The highest BCUT2D eigenvalue weighted by atomic mass is 32.2. The number of hydrogen-bond acceptors (Lipinski definition) is 3. The molecule has 24 heavy (non-hydrogen) atoms. The van der Waals surface area contributed by atoms with Crippen LogP contribution in [-0.4, -0.2) is 32.2 Å².